The highest BCUT2D eigenvalue weighted by Gasteiger charge is 2.23. The Morgan fingerprint density at radius 2 is 2.00 bits per heavy atom. The number of primary amides is 1. The molecule has 3 aromatic rings. The van der Waals surface area contributed by atoms with Gasteiger partial charge in [-0.25, -0.2) is 15.0 Å². The Morgan fingerprint density at radius 1 is 1.23 bits per heavy atom. The topological polar surface area (TPSA) is 110 Å². The molecule has 1 aromatic carbocycles. The van der Waals surface area contributed by atoms with Crippen molar-refractivity contribution >= 4 is 22.9 Å². The third-order valence-electron chi connectivity index (χ3n) is 3.63. The number of hydrogen-bond donors (Lipinski definition) is 3. The molecule has 0 radical (unpaired) electrons. The number of rotatable bonds is 4. The SMILES string of the molecule is NC(=O)c1ccc(-c2nc(NC3CC3)c3[nH]cnc3n2)cc1. The van der Waals surface area contributed by atoms with E-state index in [0.717, 1.165) is 29.7 Å². The van der Waals surface area contributed by atoms with E-state index >= 15 is 0 Å². The molecule has 4 N–H and O–H groups in total. The third-order valence-corrected chi connectivity index (χ3v) is 3.63. The Hall–Kier alpha value is -2.96. The summed E-state index contributed by atoms with van der Waals surface area (Å²) < 4.78 is 0. The number of benzene rings is 1. The smallest absolute Gasteiger partial charge is 0.248 e. The van der Waals surface area contributed by atoms with Crippen LogP contribution in [0.4, 0.5) is 5.82 Å². The number of carbonyl (C=O) groups is 1. The van der Waals surface area contributed by atoms with Crippen molar-refractivity contribution in [3.63, 3.8) is 0 Å². The monoisotopic (exact) mass is 294 g/mol. The minimum Gasteiger partial charge on any atom is -0.366 e. The molecule has 2 aromatic heterocycles. The second kappa shape index (κ2) is 4.80. The van der Waals surface area contributed by atoms with Gasteiger partial charge < -0.3 is 16.0 Å². The van der Waals surface area contributed by atoms with Gasteiger partial charge >= 0.3 is 0 Å². The number of nitrogens with one attached hydrogen (secondary N) is 2. The van der Waals surface area contributed by atoms with Crippen LogP contribution in [0.5, 0.6) is 0 Å². The van der Waals surface area contributed by atoms with Crippen LogP contribution >= 0.6 is 0 Å². The van der Waals surface area contributed by atoms with Crippen LogP contribution in [0.2, 0.25) is 0 Å². The molecule has 1 fully saturated rings. The number of amides is 1. The van der Waals surface area contributed by atoms with Gasteiger partial charge in [0.2, 0.25) is 5.91 Å². The molecule has 7 heteroatoms. The van der Waals surface area contributed by atoms with Crippen LogP contribution in [0.25, 0.3) is 22.6 Å². The lowest BCUT2D eigenvalue weighted by atomic mass is 10.1. The summed E-state index contributed by atoms with van der Waals surface area (Å²) in [5, 5.41) is 3.39. The second-order valence-corrected chi connectivity index (χ2v) is 5.36. The third kappa shape index (κ3) is 2.26. The van der Waals surface area contributed by atoms with Gasteiger partial charge in [0, 0.05) is 17.2 Å². The molecule has 0 bridgehead atoms. The summed E-state index contributed by atoms with van der Waals surface area (Å²) in [5.41, 5.74) is 7.95. The largest absolute Gasteiger partial charge is 0.366 e. The van der Waals surface area contributed by atoms with Crippen LogP contribution in [0.3, 0.4) is 0 Å². The molecule has 1 aliphatic carbocycles. The maximum atomic E-state index is 11.1. The predicted octanol–water partition coefficient (Wildman–Crippen LogP) is 1.69. The fraction of sp³-hybridized carbons (Fsp3) is 0.200. The van der Waals surface area contributed by atoms with Crippen LogP contribution < -0.4 is 11.1 Å². The fourth-order valence-corrected chi connectivity index (χ4v) is 2.27. The van der Waals surface area contributed by atoms with Crippen LogP contribution in [0, 0.1) is 0 Å². The van der Waals surface area contributed by atoms with Gasteiger partial charge in [-0.15, -0.1) is 0 Å². The van der Waals surface area contributed by atoms with E-state index in [2.05, 4.69) is 25.3 Å². The molecule has 1 aliphatic rings. The van der Waals surface area contributed by atoms with Gasteiger partial charge in [0.1, 0.15) is 5.52 Å². The zero-order chi connectivity index (χ0) is 15.1. The van der Waals surface area contributed by atoms with E-state index in [1.54, 1.807) is 30.6 Å². The highest BCUT2D eigenvalue weighted by Crippen LogP contribution is 2.28. The number of nitrogens with zero attached hydrogens (tertiary/aromatic N) is 3. The number of aromatic amines is 1. The van der Waals surface area contributed by atoms with Crippen molar-refractivity contribution in [2.24, 2.45) is 5.73 Å². The van der Waals surface area contributed by atoms with Crippen molar-refractivity contribution in [2.45, 2.75) is 18.9 Å². The highest BCUT2D eigenvalue weighted by molar-refractivity contribution is 5.93. The van der Waals surface area contributed by atoms with Gasteiger partial charge in [0.05, 0.1) is 6.33 Å². The average molecular weight is 294 g/mol. The number of aromatic nitrogens is 4. The van der Waals surface area contributed by atoms with Gasteiger partial charge in [-0.1, -0.05) is 12.1 Å². The average Bonchev–Trinajstić information content (AvgIpc) is 3.21. The zero-order valence-corrected chi connectivity index (χ0v) is 11.7. The molecule has 2 heterocycles. The van der Waals surface area contributed by atoms with E-state index in [0.29, 0.717) is 23.1 Å². The predicted molar refractivity (Wildman–Crippen MR) is 82.3 cm³/mol. The summed E-state index contributed by atoms with van der Waals surface area (Å²) in [4.78, 5) is 27.5. The maximum absolute atomic E-state index is 11.1. The minimum absolute atomic E-state index is 0.452. The molecule has 4 rings (SSSR count). The lowest BCUT2D eigenvalue weighted by molar-refractivity contribution is 0.100. The first-order valence-electron chi connectivity index (χ1n) is 7.08. The molecule has 7 nitrogen and oxygen atoms in total. The molecule has 1 amide bonds. The van der Waals surface area contributed by atoms with E-state index in [-0.39, 0.29) is 0 Å². The lowest BCUT2D eigenvalue weighted by Crippen LogP contribution is -2.10. The number of carbonyl (C=O) groups excluding carboxylic acids is 1. The maximum Gasteiger partial charge on any atom is 0.248 e. The van der Waals surface area contributed by atoms with Crippen molar-refractivity contribution in [2.75, 3.05) is 5.32 Å². The fourth-order valence-electron chi connectivity index (χ4n) is 2.27. The summed E-state index contributed by atoms with van der Waals surface area (Å²) in [6.07, 6.45) is 3.92. The number of anilines is 1. The summed E-state index contributed by atoms with van der Waals surface area (Å²) in [6.45, 7) is 0. The van der Waals surface area contributed by atoms with Gasteiger partial charge in [-0.3, -0.25) is 4.79 Å². The molecule has 0 aliphatic heterocycles. The molecule has 0 unspecified atom stereocenters. The van der Waals surface area contributed by atoms with Gasteiger partial charge in [-0.05, 0) is 25.0 Å². The van der Waals surface area contributed by atoms with Gasteiger partial charge in [0.25, 0.3) is 0 Å². The van der Waals surface area contributed by atoms with Crippen molar-refractivity contribution in [3.8, 4) is 11.4 Å². The van der Waals surface area contributed by atoms with Crippen molar-refractivity contribution in [1.29, 1.82) is 0 Å². The summed E-state index contributed by atoms with van der Waals surface area (Å²) in [7, 11) is 0. The van der Waals surface area contributed by atoms with Crippen LogP contribution in [0.15, 0.2) is 30.6 Å². The summed E-state index contributed by atoms with van der Waals surface area (Å²) >= 11 is 0. The second-order valence-electron chi connectivity index (χ2n) is 5.36. The first-order chi connectivity index (χ1) is 10.7. The number of imidazole rings is 1. The summed E-state index contributed by atoms with van der Waals surface area (Å²) in [5.74, 6) is 0.879. The molecule has 0 spiro atoms. The molecule has 22 heavy (non-hydrogen) atoms. The number of nitrogens with two attached hydrogens (primary N) is 1. The molecule has 110 valence electrons. The van der Waals surface area contributed by atoms with Crippen molar-refractivity contribution in [3.05, 3.63) is 36.2 Å². The van der Waals surface area contributed by atoms with Crippen LogP contribution in [-0.2, 0) is 0 Å². The minimum atomic E-state index is -0.452. The van der Waals surface area contributed by atoms with Gasteiger partial charge in [-0.2, -0.15) is 0 Å². The molecule has 1 saturated carbocycles. The Bertz CT molecular complexity index is 850. The quantitative estimate of drug-likeness (QED) is 0.678. The van der Waals surface area contributed by atoms with Crippen LogP contribution in [-0.4, -0.2) is 31.9 Å². The van der Waals surface area contributed by atoms with Crippen molar-refractivity contribution < 1.29 is 4.79 Å². The number of hydrogen-bond acceptors (Lipinski definition) is 5. The molecule has 0 saturated heterocycles. The van der Waals surface area contributed by atoms with E-state index in [1.807, 2.05) is 0 Å². The summed E-state index contributed by atoms with van der Waals surface area (Å²) in [6, 6.07) is 7.39. The molecular formula is C15H14N6O. The molecular weight excluding hydrogens is 280 g/mol. The van der Waals surface area contributed by atoms with Crippen molar-refractivity contribution in [1.82, 2.24) is 19.9 Å². The van der Waals surface area contributed by atoms with E-state index in [4.69, 9.17) is 5.73 Å². The van der Waals surface area contributed by atoms with E-state index in [9.17, 15) is 4.79 Å². The van der Waals surface area contributed by atoms with E-state index in [1.165, 1.54) is 0 Å². The number of fused-ring (bicyclic) bond motifs is 1. The molecule has 0 atom stereocenters. The van der Waals surface area contributed by atoms with Crippen LogP contribution in [0.1, 0.15) is 23.2 Å². The first kappa shape index (κ1) is 12.8. The Balaban J connectivity index is 1.78. The lowest BCUT2D eigenvalue weighted by Gasteiger charge is -2.07. The Morgan fingerprint density at radius 3 is 2.68 bits per heavy atom. The highest BCUT2D eigenvalue weighted by atomic mass is 16.1. The first-order valence-corrected chi connectivity index (χ1v) is 7.08. The normalized spacial score (nSPS) is 14.2. The zero-order valence-electron chi connectivity index (χ0n) is 11.7. The Kier molecular flexibility index (Phi) is 2.78. The standard InChI is InChI=1S/C15H14N6O/c16-12(22)8-1-3-9(4-2-8)13-20-14-11(17-7-18-14)15(21-13)19-10-5-6-10/h1-4,7,10H,5-6H2,(H2,16,22)(H2,17,18,19,20,21). The Labute approximate surface area is 126 Å². The van der Waals surface area contributed by atoms with Gasteiger partial charge in [0.15, 0.2) is 17.3 Å². The van der Waals surface area contributed by atoms with E-state index < -0.39 is 5.91 Å². The number of H-pyrrole nitrogens is 1.